The number of urea groups is 1. The number of carboxylic acids is 1. The molecule has 0 aromatic rings. The van der Waals surface area contributed by atoms with Crippen molar-refractivity contribution in [3.63, 3.8) is 0 Å². The van der Waals surface area contributed by atoms with Crippen LogP contribution in [-0.2, 0) is 4.79 Å². The maximum Gasteiger partial charge on any atom is 0.329 e. The molecule has 0 unspecified atom stereocenters. The Morgan fingerprint density at radius 3 is 2.32 bits per heavy atom. The molecular weight excluding hydrogens is 246 g/mol. The van der Waals surface area contributed by atoms with E-state index in [0.29, 0.717) is 12.8 Å². The second kappa shape index (κ2) is 5.77. The number of piperidine rings is 1. The van der Waals surface area contributed by atoms with E-state index in [2.05, 4.69) is 22.6 Å². The van der Waals surface area contributed by atoms with Crippen LogP contribution in [0.25, 0.3) is 0 Å². The molecule has 6 nitrogen and oxygen atoms in total. The van der Waals surface area contributed by atoms with Crippen molar-refractivity contribution >= 4 is 12.0 Å². The summed E-state index contributed by atoms with van der Waals surface area (Å²) >= 11 is 0. The highest BCUT2D eigenvalue weighted by molar-refractivity contribution is 5.86. The zero-order valence-electron chi connectivity index (χ0n) is 11.4. The molecule has 108 valence electrons. The van der Waals surface area contributed by atoms with Crippen molar-refractivity contribution < 1.29 is 14.7 Å². The first kappa shape index (κ1) is 14.1. The van der Waals surface area contributed by atoms with Gasteiger partial charge in [-0.3, -0.25) is 0 Å². The van der Waals surface area contributed by atoms with E-state index in [9.17, 15) is 14.7 Å². The third-order valence-corrected chi connectivity index (χ3v) is 4.27. The summed E-state index contributed by atoms with van der Waals surface area (Å²) in [7, 11) is 2.06. The minimum absolute atomic E-state index is 0.156. The summed E-state index contributed by atoms with van der Waals surface area (Å²) in [5.74, 6) is -0.913. The minimum Gasteiger partial charge on any atom is -0.480 e. The van der Waals surface area contributed by atoms with Crippen LogP contribution in [-0.4, -0.2) is 53.7 Å². The summed E-state index contributed by atoms with van der Waals surface area (Å²) in [5.41, 5.74) is -1.05. The highest BCUT2D eigenvalue weighted by atomic mass is 16.4. The first-order valence-corrected chi connectivity index (χ1v) is 7.02. The van der Waals surface area contributed by atoms with Gasteiger partial charge in [0.05, 0.1) is 0 Å². The highest BCUT2D eigenvalue weighted by Gasteiger charge is 2.42. The molecule has 1 heterocycles. The molecule has 3 N–H and O–H groups in total. The van der Waals surface area contributed by atoms with Gasteiger partial charge in [0.2, 0.25) is 0 Å². The van der Waals surface area contributed by atoms with E-state index in [4.69, 9.17) is 0 Å². The Bertz CT molecular complexity index is 345. The van der Waals surface area contributed by atoms with Crippen LogP contribution in [0, 0.1) is 0 Å². The van der Waals surface area contributed by atoms with E-state index in [1.54, 1.807) is 0 Å². The van der Waals surface area contributed by atoms with Crippen molar-refractivity contribution in [2.45, 2.75) is 50.1 Å². The summed E-state index contributed by atoms with van der Waals surface area (Å²) in [6.45, 7) is 1.93. The molecule has 2 rings (SSSR count). The topological polar surface area (TPSA) is 81.7 Å². The number of carbonyl (C=O) groups is 2. The summed E-state index contributed by atoms with van der Waals surface area (Å²) < 4.78 is 0. The molecule has 2 fully saturated rings. The van der Waals surface area contributed by atoms with Crippen molar-refractivity contribution in [2.75, 3.05) is 20.1 Å². The molecule has 19 heavy (non-hydrogen) atoms. The van der Waals surface area contributed by atoms with E-state index in [1.807, 2.05) is 0 Å². The average Bonchev–Trinajstić information content (AvgIpc) is 2.82. The lowest BCUT2D eigenvalue weighted by atomic mass is 9.98. The lowest BCUT2D eigenvalue weighted by molar-refractivity contribution is -0.144. The second-order valence-corrected chi connectivity index (χ2v) is 5.77. The number of hydrogen-bond acceptors (Lipinski definition) is 3. The summed E-state index contributed by atoms with van der Waals surface area (Å²) in [4.78, 5) is 25.5. The SMILES string of the molecule is CN1CCC(NC(=O)NC2(C(=O)O)CCCC2)CC1. The fourth-order valence-electron chi connectivity index (χ4n) is 2.96. The molecule has 6 heteroatoms. The Balaban J connectivity index is 1.85. The highest BCUT2D eigenvalue weighted by Crippen LogP contribution is 2.29. The van der Waals surface area contributed by atoms with Crippen LogP contribution in [0.15, 0.2) is 0 Å². The molecule has 1 saturated heterocycles. The minimum atomic E-state index is -1.05. The van der Waals surface area contributed by atoms with Crippen molar-refractivity contribution in [1.29, 1.82) is 0 Å². The van der Waals surface area contributed by atoms with Gasteiger partial charge in [0, 0.05) is 6.04 Å². The van der Waals surface area contributed by atoms with Gasteiger partial charge in [-0.25, -0.2) is 9.59 Å². The number of carbonyl (C=O) groups excluding carboxylic acids is 1. The standard InChI is InChI=1S/C13H23N3O3/c1-16-8-4-10(5-9-16)14-12(19)15-13(11(17)18)6-2-3-7-13/h10H,2-9H2,1H3,(H,17,18)(H2,14,15,19). The van der Waals surface area contributed by atoms with Crippen LogP contribution in [0.3, 0.4) is 0 Å². The van der Waals surface area contributed by atoms with E-state index in [-0.39, 0.29) is 12.1 Å². The Labute approximate surface area is 113 Å². The maximum atomic E-state index is 12.0. The molecule has 0 aromatic carbocycles. The van der Waals surface area contributed by atoms with Crippen molar-refractivity contribution in [3.8, 4) is 0 Å². The largest absolute Gasteiger partial charge is 0.480 e. The summed E-state index contributed by atoms with van der Waals surface area (Å²) in [6.07, 6.45) is 4.63. The Morgan fingerprint density at radius 1 is 1.21 bits per heavy atom. The van der Waals surface area contributed by atoms with Gasteiger partial charge >= 0.3 is 12.0 Å². The molecule has 2 amide bonds. The molecule has 1 aliphatic heterocycles. The number of nitrogens with one attached hydrogen (secondary N) is 2. The van der Waals surface area contributed by atoms with Crippen LogP contribution in [0.1, 0.15) is 38.5 Å². The number of amides is 2. The first-order chi connectivity index (χ1) is 9.02. The Kier molecular flexibility index (Phi) is 4.29. The first-order valence-electron chi connectivity index (χ1n) is 7.02. The van der Waals surface area contributed by atoms with Gasteiger partial charge in [-0.2, -0.15) is 0 Å². The monoisotopic (exact) mass is 269 g/mol. The number of rotatable bonds is 3. The third-order valence-electron chi connectivity index (χ3n) is 4.27. The summed E-state index contributed by atoms with van der Waals surface area (Å²) in [6, 6.07) is -0.178. The quantitative estimate of drug-likeness (QED) is 0.707. The van der Waals surface area contributed by atoms with E-state index >= 15 is 0 Å². The van der Waals surface area contributed by atoms with Crippen molar-refractivity contribution in [1.82, 2.24) is 15.5 Å². The van der Waals surface area contributed by atoms with Crippen LogP contribution >= 0.6 is 0 Å². The van der Waals surface area contributed by atoms with E-state index in [1.165, 1.54) is 0 Å². The molecule has 0 spiro atoms. The van der Waals surface area contributed by atoms with Crippen molar-refractivity contribution in [3.05, 3.63) is 0 Å². The van der Waals surface area contributed by atoms with Gasteiger partial charge in [-0.1, -0.05) is 12.8 Å². The molecule has 0 bridgehead atoms. The summed E-state index contributed by atoms with van der Waals surface area (Å²) in [5, 5.41) is 14.9. The Hall–Kier alpha value is -1.30. The van der Waals surface area contributed by atoms with Crippen LogP contribution in [0.5, 0.6) is 0 Å². The zero-order valence-corrected chi connectivity index (χ0v) is 11.4. The fourth-order valence-corrected chi connectivity index (χ4v) is 2.96. The van der Waals surface area contributed by atoms with Crippen LogP contribution < -0.4 is 10.6 Å². The van der Waals surface area contributed by atoms with Gasteiger partial charge in [0.1, 0.15) is 5.54 Å². The zero-order chi connectivity index (χ0) is 13.9. The van der Waals surface area contributed by atoms with Crippen molar-refractivity contribution in [2.24, 2.45) is 0 Å². The molecule has 0 radical (unpaired) electrons. The van der Waals surface area contributed by atoms with E-state index in [0.717, 1.165) is 38.8 Å². The number of hydrogen-bond donors (Lipinski definition) is 3. The predicted molar refractivity (Wildman–Crippen MR) is 71.0 cm³/mol. The lowest BCUT2D eigenvalue weighted by Crippen LogP contribution is -2.57. The van der Waals surface area contributed by atoms with Gasteiger partial charge < -0.3 is 20.6 Å². The predicted octanol–water partition coefficient (Wildman–Crippen LogP) is 0.777. The lowest BCUT2D eigenvalue weighted by Gasteiger charge is -2.31. The van der Waals surface area contributed by atoms with Gasteiger partial charge in [0.15, 0.2) is 0 Å². The van der Waals surface area contributed by atoms with Crippen LogP contribution in [0.2, 0.25) is 0 Å². The fraction of sp³-hybridized carbons (Fsp3) is 0.846. The number of aliphatic carboxylic acids is 1. The van der Waals surface area contributed by atoms with Gasteiger partial charge in [-0.15, -0.1) is 0 Å². The maximum absolute atomic E-state index is 12.0. The molecule has 1 saturated carbocycles. The van der Waals surface area contributed by atoms with Crippen LogP contribution in [0.4, 0.5) is 4.79 Å². The average molecular weight is 269 g/mol. The molecule has 0 aromatic heterocycles. The van der Waals surface area contributed by atoms with E-state index < -0.39 is 11.5 Å². The number of likely N-dealkylation sites (tertiary alicyclic amines) is 1. The number of carboxylic acid groups (broad SMARTS) is 1. The Morgan fingerprint density at radius 2 is 1.79 bits per heavy atom. The normalized spacial score (nSPS) is 24.1. The number of nitrogens with zero attached hydrogens (tertiary/aromatic N) is 1. The molecular formula is C13H23N3O3. The second-order valence-electron chi connectivity index (χ2n) is 5.77. The molecule has 1 aliphatic carbocycles. The van der Waals surface area contributed by atoms with Gasteiger partial charge in [-0.05, 0) is 45.8 Å². The molecule has 2 aliphatic rings. The third kappa shape index (κ3) is 3.37. The molecule has 0 atom stereocenters. The smallest absolute Gasteiger partial charge is 0.329 e. The van der Waals surface area contributed by atoms with Gasteiger partial charge in [0.25, 0.3) is 0 Å².